The van der Waals surface area contributed by atoms with Crippen LogP contribution in [0.4, 0.5) is 0 Å². The first-order chi connectivity index (χ1) is 6.31. The van der Waals surface area contributed by atoms with Gasteiger partial charge < -0.3 is 0 Å². The molecule has 0 spiro atoms. The summed E-state index contributed by atoms with van der Waals surface area (Å²) in [7, 11) is 0. The number of nitrogens with zero attached hydrogens (tertiary/aromatic N) is 2. The molecule has 0 aliphatic heterocycles. The zero-order valence-electron chi connectivity index (χ0n) is 7.29. The lowest BCUT2D eigenvalue weighted by molar-refractivity contribution is 1.05. The Morgan fingerprint density at radius 3 is 2.77 bits per heavy atom. The van der Waals surface area contributed by atoms with Crippen molar-refractivity contribution in [1.29, 1.82) is 0 Å². The lowest BCUT2D eigenvalue weighted by atomic mass is 10.1. The van der Waals surface area contributed by atoms with Crippen molar-refractivity contribution < 1.29 is 0 Å². The van der Waals surface area contributed by atoms with E-state index in [2.05, 4.69) is 23.2 Å². The van der Waals surface area contributed by atoms with Crippen LogP contribution in [0.3, 0.4) is 0 Å². The van der Waals surface area contributed by atoms with E-state index >= 15 is 0 Å². The summed E-state index contributed by atoms with van der Waals surface area (Å²) < 4.78 is 0. The van der Waals surface area contributed by atoms with Crippen molar-refractivity contribution in [2.75, 3.05) is 0 Å². The fourth-order valence-electron chi connectivity index (χ4n) is 1.33. The summed E-state index contributed by atoms with van der Waals surface area (Å²) in [5.41, 5.74) is 1.23. The topological polar surface area (TPSA) is 25.8 Å². The predicted octanol–water partition coefficient (Wildman–Crippen LogP) is 2.85. The normalized spacial score (nSPS) is 10.6. The Morgan fingerprint density at radius 2 is 2.00 bits per heavy atom. The Bertz CT molecular complexity index is 440. The highest BCUT2D eigenvalue weighted by atomic mass is 35.5. The van der Waals surface area contributed by atoms with Gasteiger partial charge in [-0.15, -0.1) is 0 Å². The van der Waals surface area contributed by atoms with Crippen LogP contribution in [-0.4, -0.2) is 10.2 Å². The van der Waals surface area contributed by atoms with Gasteiger partial charge in [-0.1, -0.05) is 18.5 Å². The second-order valence-corrected chi connectivity index (χ2v) is 3.33. The highest BCUT2D eigenvalue weighted by Crippen LogP contribution is 2.23. The van der Waals surface area contributed by atoms with Gasteiger partial charge in [0.15, 0.2) is 0 Å². The molecule has 0 atom stereocenters. The number of benzene rings is 1. The van der Waals surface area contributed by atoms with E-state index < -0.39 is 0 Å². The molecule has 0 N–H and O–H groups in total. The van der Waals surface area contributed by atoms with Crippen LogP contribution in [0.25, 0.3) is 10.8 Å². The van der Waals surface area contributed by atoms with E-state index in [0.717, 1.165) is 22.2 Å². The van der Waals surface area contributed by atoms with Gasteiger partial charge >= 0.3 is 0 Å². The van der Waals surface area contributed by atoms with Gasteiger partial charge in [0.2, 0.25) is 0 Å². The van der Waals surface area contributed by atoms with Crippen molar-refractivity contribution in [3.63, 3.8) is 0 Å². The van der Waals surface area contributed by atoms with Crippen LogP contribution in [-0.2, 0) is 6.42 Å². The monoisotopic (exact) mass is 192 g/mol. The fraction of sp³-hybridized carbons (Fsp3) is 0.200. The zero-order valence-corrected chi connectivity index (χ0v) is 8.04. The molecule has 13 heavy (non-hydrogen) atoms. The molecule has 3 heteroatoms. The Morgan fingerprint density at radius 1 is 1.23 bits per heavy atom. The molecule has 1 aromatic heterocycles. The quantitative estimate of drug-likeness (QED) is 0.695. The molecule has 0 fully saturated rings. The van der Waals surface area contributed by atoms with Crippen molar-refractivity contribution in [1.82, 2.24) is 10.2 Å². The minimum absolute atomic E-state index is 0.754. The number of aryl methyl sites for hydroxylation is 1. The SMILES string of the molecule is CCc1cc(Cl)c2cnncc2c1. The van der Waals surface area contributed by atoms with Crippen LogP contribution >= 0.6 is 11.6 Å². The van der Waals surface area contributed by atoms with E-state index in [1.54, 1.807) is 12.4 Å². The lowest BCUT2D eigenvalue weighted by Crippen LogP contribution is -1.85. The lowest BCUT2D eigenvalue weighted by Gasteiger charge is -2.02. The third-order valence-corrected chi connectivity index (χ3v) is 2.39. The molecule has 0 unspecified atom stereocenters. The molecule has 66 valence electrons. The molecule has 0 radical (unpaired) electrons. The van der Waals surface area contributed by atoms with Gasteiger partial charge in [-0.3, -0.25) is 0 Å². The first kappa shape index (κ1) is 8.45. The van der Waals surface area contributed by atoms with E-state index in [4.69, 9.17) is 11.6 Å². The van der Waals surface area contributed by atoms with Crippen LogP contribution in [0.2, 0.25) is 5.02 Å². The number of halogens is 1. The highest BCUT2D eigenvalue weighted by Gasteiger charge is 2.00. The molecular weight excluding hydrogens is 184 g/mol. The smallest absolute Gasteiger partial charge is 0.0589 e. The van der Waals surface area contributed by atoms with Gasteiger partial charge in [0.05, 0.1) is 17.4 Å². The van der Waals surface area contributed by atoms with Crippen LogP contribution in [0.5, 0.6) is 0 Å². The first-order valence-electron chi connectivity index (χ1n) is 4.20. The van der Waals surface area contributed by atoms with Crippen molar-refractivity contribution >= 4 is 22.4 Å². The molecule has 0 bridgehead atoms. The standard InChI is InChI=1S/C10H9ClN2/c1-2-7-3-8-5-12-13-6-9(8)10(11)4-7/h3-6H,2H2,1H3. The summed E-state index contributed by atoms with van der Waals surface area (Å²) in [5.74, 6) is 0. The van der Waals surface area contributed by atoms with Crippen molar-refractivity contribution in [3.8, 4) is 0 Å². The summed E-state index contributed by atoms with van der Waals surface area (Å²) in [4.78, 5) is 0. The second-order valence-electron chi connectivity index (χ2n) is 2.92. The second kappa shape index (κ2) is 3.30. The van der Waals surface area contributed by atoms with E-state index in [1.807, 2.05) is 6.07 Å². The Labute approximate surface area is 81.6 Å². The van der Waals surface area contributed by atoms with Gasteiger partial charge in [-0.2, -0.15) is 10.2 Å². The van der Waals surface area contributed by atoms with Crippen molar-refractivity contribution in [3.05, 3.63) is 35.1 Å². The summed E-state index contributed by atoms with van der Waals surface area (Å²) in [6, 6.07) is 4.07. The van der Waals surface area contributed by atoms with Gasteiger partial charge in [0, 0.05) is 10.8 Å². The highest BCUT2D eigenvalue weighted by molar-refractivity contribution is 6.35. The van der Waals surface area contributed by atoms with E-state index in [0.29, 0.717) is 0 Å². The molecule has 0 saturated carbocycles. The van der Waals surface area contributed by atoms with E-state index in [9.17, 15) is 0 Å². The number of hydrogen-bond donors (Lipinski definition) is 0. The molecule has 1 heterocycles. The first-order valence-corrected chi connectivity index (χ1v) is 4.58. The summed E-state index contributed by atoms with van der Waals surface area (Å²) >= 11 is 6.07. The number of hydrogen-bond acceptors (Lipinski definition) is 2. The molecule has 0 aliphatic rings. The maximum atomic E-state index is 6.07. The van der Waals surface area contributed by atoms with Crippen molar-refractivity contribution in [2.24, 2.45) is 0 Å². The maximum Gasteiger partial charge on any atom is 0.0589 e. The molecule has 0 saturated heterocycles. The summed E-state index contributed by atoms with van der Waals surface area (Å²) in [5, 5.41) is 10.4. The largest absolute Gasteiger partial charge is 0.158 e. The number of fused-ring (bicyclic) bond motifs is 1. The van der Waals surface area contributed by atoms with Crippen LogP contribution in [0.15, 0.2) is 24.5 Å². The maximum absolute atomic E-state index is 6.07. The molecule has 0 amide bonds. The van der Waals surface area contributed by atoms with Gasteiger partial charge in [-0.05, 0) is 24.1 Å². The summed E-state index contributed by atoms with van der Waals surface area (Å²) in [6.07, 6.45) is 4.41. The molecule has 1 aromatic carbocycles. The molecule has 2 nitrogen and oxygen atoms in total. The molecule has 2 rings (SSSR count). The van der Waals surface area contributed by atoms with E-state index in [-0.39, 0.29) is 0 Å². The Kier molecular flexibility index (Phi) is 2.15. The van der Waals surface area contributed by atoms with Gasteiger partial charge in [0.25, 0.3) is 0 Å². The predicted molar refractivity (Wildman–Crippen MR) is 53.9 cm³/mol. The molecule has 0 aliphatic carbocycles. The number of rotatable bonds is 1. The minimum Gasteiger partial charge on any atom is -0.158 e. The van der Waals surface area contributed by atoms with Gasteiger partial charge in [0.1, 0.15) is 0 Å². The van der Waals surface area contributed by atoms with Crippen LogP contribution < -0.4 is 0 Å². The minimum atomic E-state index is 0.754. The van der Waals surface area contributed by atoms with E-state index in [1.165, 1.54) is 5.56 Å². The Balaban J connectivity index is 2.77. The fourth-order valence-corrected chi connectivity index (χ4v) is 1.63. The molecular formula is C10H9ClN2. The zero-order chi connectivity index (χ0) is 9.26. The van der Waals surface area contributed by atoms with Crippen molar-refractivity contribution in [2.45, 2.75) is 13.3 Å². The molecule has 2 aromatic rings. The summed E-state index contributed by atoms with van der Waals surface area (Å²) in [6.45, 7) is 2.10. The average Bonchev–Trinajstić information content (AvgIpc) is 2.18. The van der Waals surface area contributed by atoms with Crippen LogP contribution in [0, 0.1) is 0 Å². The average molecular weight is 193 g/mol. The number of aromatic nitrogens is 2. The third kappa shape index (κ3) is 1.49. The van der Waals surface area contributed by atoms with Gasteiger partial charge in [-0.25, -0.2) is 0 Å². The van der Waals surface area contributed by atoms with Crippen LogP contribution in [0.1, 0.15) is 12.5 Å². The Hall–Kier alpha value is -1.15. The third-order valence-electron chi connectivity index (χ3n) is 2.08.